The molecule has 0 aliphatic carbocycles. The zero-order valence-electron chi connectivity index (χ0n) is 16.6. The zero-order valence-corrected chi connectivity index (χ0v) is 16.6. The maximum atomic E-state index is 4.84. The summed E-state index contributed by atoms with van der Waals surface area (Å²) < 4.78 is 0. The molecule has 2 aromatic carbocycles. The second-order valence-electron chi connectivity index (χ2n) is 6.83. The second kappa shape index (κ2) is 8.09. The van der Waals surface area contributed by atoms with E-state index in [1.165, 1.54) is 11.1 Å². The van der Waals surface area contributed by atoms with Gasteiger partial charge in [0, 0.05) is 0 Å². The van der Waals surface area contributed by atoms with Gasteiger partial charge in [0.1, 0.15) is 0 Å². The SMILES string of the molecule is CC(=Nc1ccccc1C)c1cccc(C(C)=Nc2c(C)cccc2C)n1. The molecule has 1 heterocycles. The molecule has 0 radical (unpaired) electrons. The Morgan fingerprint density at radius 3 is 1.78 bits per heavy atom. The van der Waals surface area contributed by atoms with E-state index in [0.717, 1.165) is 39.7 Å². The maximum Gasteiger partial charge on any atom is 0.0849 e. The fourth-order valence-corrected chi connectivity index (χ4v) is 2.97. The van der Waals surface area contributed by atoms with Crippen LogP contribution in [0.15, 0.2) is 70.6 Å². The Morgan fingerprint density at radius 1 is 0.630 bits per heavy atom. The van der Waals surface area contributed by atoms with Gasteiger partial charge in [0.2, 0.25) is 0 Å². The number of benzene rings is 2. The molecule has 0 saturated carbocycles. The number of hydrogen-bond donors (Lipinski definition) is 0. The highest BCUT2D eigenvalue weighted by Crippen LogP contribution is 2.24. The lowest BCUT2D eigenvalue weighted by molar-refractivity contribution is 1.23. The molecule has 0 aliphatic rings. The summed E-state index contributed by atoms with van der Waals surface area (Å²) in [5.41, 5.74) is 9.02. The van der Waals surface area contributed by atoms with Crippen LogP contribution in [0.5, 0.6) is 0 Å². The first-order chi connectivity index (χ1) is 13.0. The molecule has 0 bridgehead atoms. The largest absolute Gasteiger partial charge is 0.251 e. The van der Waals surface area contributed by atoms with Crippen molar-refractivity contribution in [2.75, 3.05) is 0 Å². The van der Waals surface area contributed by atoms with Crippen LogP contribution in [0, 0.1) is 20.8 Å². The van der Waals surface area contributed by atoms with E-state index in [1.807, 2.05) is 50.2 Å². The number of nitrogens with zero attached hydrogens (tertiary/aromatic N) is 3. The van der Waals surface area contributed by atoms with Crippen LogP contribution in [0.25, 0.3) is 0 Å². The predicted molar refractivity (Wildman–Crippen MR) is 115 cm³/mol. The third-order valence-electron chi connectivity index (χ3n) is 4.61. The number of aromatic nitrogens is 1. The molecule has 3 rings (SSSR count). The molecule has 0 N–H and O–H groups in total. The highest BCUT2D eigenvalue weighted by Gasteiger charge is 2.07. The summed E-state index contributed by atoms with van der Waals surface area (Å²) in [6.07, 6.45) is 0. The van der Waals surface area contributed by atoms with Crippen LogP contribution >= 0.6 is 0 Å². The topological polar surface area (TPSA) is 37.6 Å². The van der Waals surface area contributed by atoms with Gasteiger partial charge in [0.15, 0.2) is 0 Å². The van der Waals surface area contributed by atoms with Gasteiger partial charge in [-0.25, -0.2) is 4.98 Å². The van der Waals surface area contributed by atoms with E-state index >= 15 is 0 Å². The van der Waals surface area contributed by atoms with Crippen LogP contribution in [-0.2, 0) is 0 Å². The number of rotatable bonds is 4. The van der Waals surface area contributed by atoms with Gasteiger partial charge in [-0.15, -0.1) is 0 Å². The van der Waals surface area contributed by atoms with Gasteiger partial charge >= 0.3 is 0 Å². The van der Waals surface area contributed by atoms with Gasteiger partial charge in [0.05, 0.1) is 34.2 Å². The zero-order chi connectivity index (χ0) is 19.4. The minimum Gasteiger partial charge on any atom is -0.251 e. The van der Waals surface area contributed by atoms with E-state index in [4.69, 9.17) is 15.0 Å². The molecule has 0 amide bonds. The first kappa shape index (κ1) is 18.7. The van der Waals surface area contributed by atoms with Crippen molar-refractivity contribution in [1.29, 1.82) is 0 Å². The molecule has 0 atom stereocenters. The standard InChI is InChI=1S/C24H25N3/c1-16-10-6-7-13-21(16)25-19(4)22-14-9-15-23(27-22)20(5)26-24-17(2)11-8-12-18(24)3/h6-15H,1-5H3. The Labute approximate surface area is 161 Å². The quantitative estimate of drug-likeness (QED) is 0.507. The number of pyridine rings is 1. The number of aliphatic imine (C=N–C) groups is 2. The molecule has 3 heteroatoms. The highest BCUT2D eigenvalue weighted by atomic mass is 14.8. The third-order valence-corrected chi connectivity index (χ3v) is 4.61. The first-order valence-electron chi connectivity index (χ1n) is 9.16. The molecule has 3 nitrogen and oxygen atoms in total. The van der Waals surface area contributed by atoms with Crippen LogP contribution in [-0.4, -0.2) is 16.4 Å². The summed E-state index contributed by atoms with van der Waals surface area (Å²) >= 11 is 0. The van der Waals surface area contributed by atoms with E-state index in [1.54, 1.807) is 0 Å². The monoisotopic (exact) mass is 355 g/mol. The van der Waals surface area contributed by atoms with Gasteiger partial charge < -0.3 is 0 Å². The van der Waals surface area contributed by atoms with Crippen LogP contribution in [0.1, 0.15) is 41.9 Å². The van der Waals surface area contributed by atoms with Gasteiger partial charge in [-0.3, -0.25) is 9.98 Å². The van der Waals surface area contributed by atoms with Crippen molar-refractivity contribution in [2.24, 2.45) is 9.98 Å². The highest BCUT2D eigenvalue weighted by molar-refractivity contribution is 6.02. The fraction of sp³-hybridized carbons (Fsp3) is 0.208. The minimum atomic E-state index is 0.867. The van der Waals surface area contributed by atoms with Gasteiger partial charge in [-0.05, 0) is 69.5 Å². The van der Waals surface area contributed by atoms with Gasteiger partial charge in [0.25, 0.3) is 0 Å². The fourth-order valence-electron chi connectivity index (χ4n) is 2.97. The molecule has 0 spiro atoms. The molecular weight excluding hydrogens is 330 g/mol. The summed E-state index contributed by atoms with van der Waals surface area (Å²) in [5, 5.41) is 0. The Kier molecular flexibility index (Phi) is 5.60. The lowest BCUT2D eigenvalue weighted by Crippen LogP contribution is -2.05. The van der Waals surface area contributed by atoms with Crippen molar-refractivity contribution in [3.8, 4) is 0 Å². The van der Waals surface area contributed by atoms with Crippen LogP contribution in [0.3, 0.4) is 0 Å². The summed E-state index contributed by atoms with van der Waals surface area (Å²) in [6.45, 7) is 10.2. The van der Waals surface area contributed by atoms with Crippen molar-refractivity contribution < 1.29 is 0 Å². The Balaban J connectivity index is 1.96. The van der Waals surface area contributed by atoms with Crippen molar-refractivity contribution in [2.45, 2.75) is 34.6 Å². The van der Waals surface area contributed by atoms with Crippen LogP contribution in [0.4, 0.5) is 11.4 Å². The minimum absolute atomic E-state index is 0.867. The molecule has 0 saturated heterocycles. The number of hydrogen-bond acceptors (Lipinski definition) is 3. The van der Waals surface area contributed by atoms with Gasteiger partial charge in [-0.1, -0.05) is 42.5 Å². The molecule has 3 aromatic rings. The van der Waals surface area contributed by atoms with E-state index in [-0.39, 0.29) is 0 Å². The Hall–Kier alpha value is -3.07. The summed E-state index contributed by atoms with van der Waals surface area (Å²) in [4.78, 5) is 14.4. The van der Waals surface area contributed by atoms with E-state index < -0.39 is 0 Å². The number of para-hydroxylation sites is 2. The van der Waals surface area contributed by atoms with Crippen molar-refractivity contribution in [1.82, 2.24) is 4.98 Å². The molecule has 0 aliphatic heterocycles. The van der Waals surface area contributed by atoms with Crippen molar-refractivity contribution in [3.05, 3.63) is 88.7 Å². The lowest BCUT2D eigenvalue weighted by atomic mass is 10.1. The smallest absolute Gasteiger partial charge is 0.0849 e. The van der Waals surface area contributed by atoms with Crippen molar-refractivity contribution >= 4 is 22.8 Å². The van der Waals surface area contributed by atoms with E-state index in [0.29, 0.717) is 0 Å². The summed E-state index contributed by atoms with van der Waals surface area (Å²) in [6, 6.07) is 20.4. The predicted octanol–water partition coefficient (Wildman–Crippen LogP) is 6.29. The normalized spacial score (nSPS) is 12.3. The molecule has 0 unspecified atom stereocenters. The molecule has 0 fully saturated rings. The first-order valence-corrected chi connectivity index (χ1v) is 9.16. The molecule has 1 aromatic heterocycles. The molecule has 136 valence electrons. The van der Waals surface area contributed by atoms with Crippen LogP contribution in [0.2, 0.25) is 0 Å². The third kappa shape index (κ3) is 4.37. The van der Waals surface area contributed by atoms with E-state index in [2.05, 4.69) is 45.0 Å². The second-order valence-corrected chi connectivity index (χ2v) is 6.83. The van der Waals surface area contributed by atoms with E-state index in [9.17, 15) is 0 Å². The average Bonchev–Trinajstić information content (AvgIpc) is 2.66. The molecule has 27 heavy (non-hydrogen) atoms. The summed E-state index contributed by atoms with van der Waals surface area (Å²) in [5.74, 6) is 0. The van der Waals surface area contributed by atoms with Crippen molar-refractivity contribution in [3.63, 3.8) is 0 Å². The van der Waals surface area contributed by atoms with Crippen LogP contribution < -0.4 is 0 Å². The molecular formula is C24H25N3. The Morgan fingerprint density at radius 2 is 1.15 bits per heavy atom. The van der Waals surface area contributed by atoms with Gasteiger partial charge in [-0.2, -0.15) is 0 Å². The maximum absolute atomic E-state index is 4.84. The Bertz CT molecular complexity index is 1010. The average molecular weight is 355 g/mol. The lowest BCUT2D eigenvalue weighted by Gasteiger charge is -2.08. The number of aryl methyl sites for hydroxylation is 3. The summed E-state index contributed by atoms with van der Waals surface area (Å²) in [7, 11) is 0.